The first-order valence-electron chi connectivity index (χ1n) is 36.7. The van der Waals surface area contributed by atoms with Crippen LogP contribution in [-0.4, -0.2) is 328 Å². The zero-order chi connectivity index (χ0) is 78.2. The van der Waals surface area contributed by atoms with Crippen LogP contribution in [0.1, 0.15) is 143 Å². The van der Waals surface area contributed by atoms with E-state index in [1.165, 1.54) is 20.8 Å². The van der Waals surface area contributed by atoms with Crippen LogP contribution in [0.25, 0.3) is 0 Å². The molecule has 3 fully saturated rings. The van der Waals surface area contributed by atoms with Crippen molar-refractivity contribution in [1.82, 2.24) is 53.2 Å². The predicted octanol–water partition coefficient (Wildman–Crippen LogP) is -7.16. The number of hydrogen-bond acceptors (Lipinski definition) is 29. The molecule has 0 aromatic rings. The molecule has 15 atom stereocenters. The Morgan fingerprint density at radius 3 is 0.868 bits per heavy atom. The fraction of sp³-hybridized carbons (Fsp3) is 0.851. The number of carbonyl (C=O) groups excluding carboxylic acids is 10. The van der Waals surface area contributed by atoms with Crippen molar-refractivity contribution in [1.29, 1.82) is 0 Å². The van der Waals surface area contributed by atoms with Crippen molar-refractivity contribution >= 4 is 59.1 Å². The Morgan fingerprint density at radius 2 is 0.604 bits per heavy atom. The Balaban J connectivity index is 1.48. The third-order valence-electron chi connectivity index (χ3n) is 17.1. The Morgan fingerprint density at radius 1 is 0.340 bits per heavy atom. The smallest absolute Gasteiger partial charge is 0.222 e. The molecule has 106 heavy (non-hydrogen) atoms. The Kier molecular flexibility index (Phi) is 48.4. The molecule has 3 aliphatic rings. The molecule has 0 saturated carbocycles. The number of carbonyl (C=O) groups is 10. The second-order valence-electron chi connectivity index (χ2n) is 26.3. The number of rotatable bonds is 57. The van der Waals surface area contributed by atoms with Gasteiger partial charge in [0.05, 0.1) is 59.5 Å². The van der Waals surface area contributed by atoms with Gasteiger partial charge < -0.3 is 147 Å². The molecule has 39 nitrogen and oxygen atoms in total. The molecular weight excluding hydrogens is 1410 g/mol. The van der Waals surface area contributed by atoms with E-state index in [9.17, 15) is 93.9 Å². The van der Waals surface area contributed by atoms with E-state index in [-0.39, 0.29) is 185 Å². The minimum atomic E-state index is -1.46. The topological polar surface area (TPSA) is 582 Å². The van der Waals surface area contributed by atoms with Crippen LogP contribution < -0.4 is 58.9 Å². The van der Waals surface area contributed by atoms with Crippen LogP contribution in [0.2, 0.25) is 0 Å². The fourth-order valence-corrected chi connectivity index (χ4v) is 11.3. The Labute approximate surface area is 617 Å². The van der Waals surface area contributed by atoms with E-state index in [4.69, 9.17) is 48.4 Å². The first-order valence-corrected chi connectivity index (χ1v) is 36.7. The van der Waals surface area contributed by atoms with Gasteiger partial charge in [0.15, 0.2) is 18.9 Å². The van der Waals surface area contributed by atoms with E-state index in [1.54, 1.807) is 0 Å². The number of hydrogen-bond donors (Lipinski definition) is 20. The lowest BCUT2D eigenvalue weighted by Crippen LogP contribution is -2.64. The van der Waals surface area contributed by atoms with E-state index >= 15 is 0 Å². The lowest BCUT2D eigenvalue weighted by molar-refractivity contribution is -0.270. The monoisotopic (exact) mass is 1530 g/mol. The minimum absolute atomic E-state index is 0.0824. The summed E-state index contributed by atoms with van der Waals surface area (Å²) in [6, 6.07) is -3.27. The fourth-order valence-electron chi connectivity index (χ4n) is 11.3. The highest BCUT2D eigenvalue weighted by Gasteiger charge is 2.48. The third-order valence-corrected chi connectivity index (χ3v) is 17.1. The summed E-state index contributed by atoms with van der Waals surface area (Å²) < 4.78 is 51.8. The van der Waals surface area contributed by atoms with Crippen molar-refractivity contribution in [3.8, 4) is 0 Å². The number of nitrogens with two attached hydrogens (primary N) is 1. The van der Waals surface area contributed by atoms with Gasteiger partial charge in [-0.2, -0.15) is 0 Å². The van der Waals surface area contributed by atoms with E-state index < -0.39 is 135 Å². The summed E-state index contributed by atoms with van der Waals surface area (Å²) in [5.74, 6) is -3.69. The van der Waals surface area contributed by atoms with Gasteiger partial charge in [0, 0.05) is 125 Å². The number of nitrogens with one attached hydrogen (secondary N) is 10. The molecule has 39 heteroatoms. The van der Waals surface area contributed by atoms with Crippen molar-refractivity contribution in [3.63, 3.8) is 0 Å². The van der Waals surface area contributed by atoms with Crippen LogP contribution in [0.4, 0.5) is 0 Å². The van der Waals surface area contributed by atoms with Crippen LogP contribution in [-0.2, 0) is 90.6 Å². The third kappa shape index (κ3) is 38.3. The maximum atomic E-state index is 13.6. The molecule has 3 rings (SSSR count). The number of unbranched alkanes of at least 4 members (excludes halogenated alkanes) is 5. The summed E-state index contributed by atoms with van der Waals surface area (Å²) in [6.07, 6.45) is -9.83. The normalized spacial score (nSPS) is 24.4. The quantitative estimate of drug-likeness (QED) is 0.0252. The number of aliphatic hydroxyl groups excluding tert-OH is 9. The molecule has 10 amide bonds. The van der Waals surface area contributed by atoms with Gasteiger partial charge in [0.25, 0.3) is 0 Å². The molecule has 3 heterocycles. The molecule has 3 saturated heterocycles. The van der Waals surface area contributed by atoms with Crippen LogP contribution in [0, 0.1) is 0 Å². The number of aliphatic hydroxyl groups is 9. The molecule has 3 aliphatic heterocycles. The highest BCUT2D eigenvalue weighted by Crippen LogP contribution is 2.26. The lowest BCUT2D eigenvalue weighted by atomic mass is 9.97. The molecule has 0 bridgehead atoms. The molecule has 0 aromatic heterocycles. The largest absolute Gasteiger partial charge is 0.394 e. The van der Waals surface area contributed by atoms with Crippen molar-refractivity contribution in [2.24, 2.45) is 5.73 Å². The van der Waals surface area contributed by atoms with Crippen molar-refractivity contribution in [2.75, 3.05) is 125 Å². The van der Waals surface area contributed by atoms with E-state index in [1.807, 2.05) is 0 Å². The Hall–Kier alpha value is -6.06. The van der Waals surface area contributed by atoms with E-state index in [0.29, 0.717) is 83.6 Å². The molecule has 0 aliphatic carbocycles. The SMILES string of the molecule is CC(=O)N[C@H]1[C@H](OCCCCC(=O)NCCCNC(=O)CCOCC(COCCC(=O)NCCCNC(=O)CCCCO[C@@H]2O[C@H](CO)[C@H](O)[C@H](O)[C@H]2NC(C)=O)(COCCC(=O)NCCCNC(=O)CCCCO[C@@H]2O[C@H](CO)[C@H](O)[C@H](O)[C@H]2NC(C)=O)NC(=O)CCCCCN)O[C@H](CO)[C@H](O)[C@@H]1O. The highest BCUT2D eigenvalue weighted by atomic mass is 16.7. The zero-order valence-corrected chi connectivity index (χ0v) is 61.4. The van der Waals surface area contributed by atoms with Crippen molar-refractivity contribution in [2.45, 2.75) is 240 Å². The van der Waals surface area contributed by atoms with Gasteiger partial charge in [0.1, 0.15) is 78.6 Å². The van der Waals surface area contributed by atoms with Gasteiger partial charge in [-0.3, -0.25) is 47.9 Å². The number of amides is 10. The average molecular weight is 1530 g/mol. The molecule has 612 valence electrons. The second kappa shape index (κ2) is 54.5. The van der Waals surface area contributed by atoms with Gasteiger partial charge in [-0.25, -0.2) is 0 Å². The standard InChI is InChI=1S/C67H121N11O28/c1-42(82)75-55-61(95)58(92)45(36-79)104-64(55)101-30-10-6-16-48(85)69-24-13-27-72-51(88)20-33-98-39-67(78-54(91)19-5-4-9-23-68,40-99-34-21-52(89)73-28-14-25-70-49(86)17-7-11-31-102-65-56(76-43(2)83)62(96)59(93)46(37-80)105-65)41-100-35-22-53(90)74-29-15-26-71-50(87)18-8-12-32-103-66-57(77-44(3)84)63(97)60(94)47(38-81)106-66/h45-47,55-66,79-81,92-97H,4-41,68H2,1-3H3,(H,69,85)(H,70,86)(H,71,87)(H,72,88)(H,73,89)(H,74,90)(H,75,82)(H,76,83)(H,77,84)(H,78,91)/t45-,46-,47-,55-,56-,57-,58+,59+,60+,61-,62-,63-,64-,65-,66-/m1/s1. The van der Waals surface area contributed by atoms with Gasteiger partial charge in [-0.1, -0.05) is 6.42 Å². The average Bonchev–Trinajstić information content (AvgIpc) is 0.824. The van der Waals surface area contributed by atoms with E-state index in [0.717, 1.165) is 0 Å². The number of ether oxygens (including phenoxy) is 9. The molecule has 21 N–H and O–H groups in total. The highest BCUT2D eigenvalue weighted by molar-refractivity contribution is 5.79. The Bertz CT molecular complexity index is 2330. The maximum absolute atomic E-state index is 13.6. The first-order chi connectivity index (χ1) is 50.8. The zero-order valence-electron chi connectivity index (χ0n) is 61.4. The predicted molar refractivity (Wildman–Crippen MR) is 372 cm³/mol. The van der Waals surface area contributed by atoms with Gasteiger partial charge >= 0.3 is 0 Å². The summed E-state index contributed by atoms with van der Waals surface area (Å²) in [7, 11) is 0. The van der Waals surface area contributed by atoms with Crippen molar-refractivity contribution in [3.05, 3.63) is 0 Å². The van der Waals surface area contributed by atoms with Crippen molar-refractivity contribution < 1.29 is 137 Å². The summed E-state index contributed by atoms with van der Waals surface area (Å²) in [4.78, 5) is 125. The summed E-state index contributed by atoms with van der Waals surface area (Å²) in [5, 5.41) is 118. The molecule has 0 spiro atoms. The summed E-state index contributed by atoms with van der Waals surface area (Å²) in [5.41, 5.74) is 4.29. The first kappa shape index (κ1) is 94.1. The second-order valence-corrected chi connectivity index (χ2v) is 26.3. The van der Waals surface area contributed by atoms with Crippen LogP contribution >= 0.6 is 0 Å². The molecule has 0 unspecified atom stereocenters. The minimum Gasteiger partial charge on any atom is -0.394 e. The molecular formula is C67H121N11O28. The summed E-state index contributed by atoms with van der Waals surface area (Å²) >= 11 is 0. The molecule has 0 aromatic carbocycles. The van der Waals surface area contributed by atoms with Crippen LogP contribution in [0.3, 0.4) is 0 Å². The van der Waals surface area contributed by atoms with Crippen LogP contribution in [0.15, 0.2) is 0 Å². The van der Waals surface area contributed by atoms with Gasteiger partial charge in [-0.05, 0) is 77.2 Å². The maximum Gasteiger partial charge on any atom is 0.222 e. The molecule has 0 radical (unpaired) electrons. The van der Waals surface area contributed by atoms with E-state index in [2.05, 4.69) is 53.2 Å². The summed E-state index contributed by atoms with van der Waals surface area (Å²) in [6.45, 7) is 2.96. The van der Waals surface area contributed by atoms with Crippen LogP contribution in [0.5, 0.6) is 0 Å². The lowest BCUT2D eigenvalue weighted by Gasteiger charge is -2.42. The van der Waals surface area contributed by atoms with Gasteiger partial charge in [-0.15, -0.1) is 0 Å². The van der Waals surface area contributed by atoms with Gasteiger partial charge in [0.2, 0.25) is 59.1 Å².